The van der Waals surface area contributed by atoms with Crippen molar-refractivity contribution in [1.29, 1.82) is 0 Å². The SMILES string of the molecule is NC(=NCCCCc1ccc(-c2ccc(CCC(=O)NCCN(CCCc3ccccc3)C[C@H](O)[C@@H](O)[C@H](O)[C@H](O)CO)cc2)cc1)NC(=O)c1nc(Cl)c(N)nc1N. The van der Waals surface area contributed by atoms with E-state index in [1.807, 2.05) is 59.5 Å². The Kier molecular flexibility index (Phi) is 18.9. The fraction of sp³-hybridized carbons (Fsp3) is 0.405. The summed E-state index contributed by atoms with van der Waals surface area (Å²) in [7, 11) is 0. The van der Waals surface area contributed by atoms with E-state index in [0.29, 0.717) is 39.0 Å². The van der Waals surface area contributed by atoms with Crippen molar-refractivity contribution in [2.24, 2.45) is 10.7 Å². The van der Waals surface area contributed by atoms with Crippen LogP contribution in [0.5, 0.6) is 0 Å². The van der Waals surface area contributed by atoms with Gasteiger partial charge in [0.1, 0.15) is 18.3 Å². The van der Waals surface area contributed by atoms with Crippen molar-refractivity contribution in [2.75, 3.05) is 50.8 Å². The van der Waals surface area contributed by atoms with Gasteiger partial charge in [-0.1, -0.05) is 90.5 Å². The molecule has 0 saturated carbocycles. The molecule has 0 fully saturated rings. The third-order valence-corrected chi connectivity index (χ3v) is 9.98. The quantitative estimate of drug-likeness (QED) is 0.0288. The van der Waals surface area contributed by atoms with Gasteiger partial charge in [-0.2, -0.15) is 0 Å². The average molecular weight is 834 g/mol. The summed E-state index contributed by atoms with van der Waals surface area (Å²) in [4.78, 5) is 38.9. The number of aliphatic hydroxyl groups is 5. The first kappa shape index (κ1) is 46.5. The molecule has 4 rings (SSSR count). The lowest BCUT2D eigenvalue weighted by atomic mass is 9.99. The fourth-order valence-corrected chi connectivity index (χ4v) is 6.40. The summed E-state index contributed by atoms with van der Waals surface area (Å²) in [6, 6.07) is 26.4. The number of anilines is 2. The predicted molar refractivity (Wildman–Crippen MR) is 228 cm³/mol. The van der Waals surface area contributed by atoms with E-state index in [2.05, 4.69) is 49.9 Å². The third kappa shape index (κ3) is 15.5. The highest BCUT2D eigenvalue weighted by atomic mass is 35.5. The lowest BCUT2D eigenvalue weighted by molar-refractivity contribution is -0.121. The molecular formula is C42H56ClN9O7. The van der Waals surface area contributed by atoms with Crippen LogP contribution in [0.4, 0.5) is 11.6 Å². The molecule has 0 aliphatic heterocycles. The van der Waals surface area contributed by atoms with Gasteiger partial charge in [-0.15, -0.1) is 0 Å². The molecule has 0 unspecified atom stereocenters. The van der Waals surface area contributed by atoms with Crippen LogP contribution in [0.1, 0.15) is 52.9 Å². The topological polar surface area (TPSA) is 279 Å². The van der Waals surface area contributed by atoms with Gasteiger partial charge < -0.3 is 48.1 Å². The highest BCUT2D eigenvalue weighted by molar-refractivity contribution is 6.31. The molecule has 318 valence electrons. The van der Waals surface area contributed by atoms with Gasteiger partial charge in [0.2, 0.25) is 5.91 Å². The molecule has 59 heavy (non-hydrogen) atoms. The van der Waals surface area contributed by atoms with E-state index < -0.39 is 36.9 Å². The number of aromatic nitrogens is 2. The number of aryl methyl sites for hydroxylation is 3. The molecular weight excluding hydrogens is 778 g/mol. The number of nitrogen functional groups attached to an aromatic ring is 2. The zero-order valence-electron chi connectivity index (χ0n) is 33.0. The Morgan fingerprint density at radius 2 is 1.34 bits per heavy atom. The average Bonchev–Trinajstić information content (AvgIpc) is 3.23. The van der Waals surface area contributed by atoms with Gasteiger partial charge in [0.25, 0.3) is 5.91 Å². The highest BCUT2D eigenvalue weighted by Gasteiger charge is 2.31. The summed E-state index contributed by atoms with van der Waals surface area (Å²) in [6.45, 7) is 0.955. The largest absolute Gasteiger partial charge is 0.394 e. The third-order valence-electron chi connectivity index (χ3n) is 9.70. The van der Waals surface area contributed by atoms with E-state index in [4.69, 9.17) is 33.9 Å². The van der Waals surface area contributed by atoms with Crippen LogP contribution >= 0.6 is 11.6 Å². The highest BCUT2D eigenvalue weighted by Crippen LogP contribution is 2.22. The molecule has 0 aliphatic rings. The number of nitrogens with zero attached hydrogens (tertiary/aromatic N) is 4. The van der Waals surface area contributed by atoms with Crippen LogP contribution in [0, 0.1) is 0 Å². The number of hydrogen-bond acceptors (Lipinski definition) is 13. The van der Waals surface area contributed by atoms with Crippen LogP contribution in [0.25, 0.3) is 11.1 Å². The normalized spacial score (nSPS) is 13.8. The molecule has 0 saturated heterocycles. The number of nitrogens with two attached hydrogens (primary N) is 3. The Hall–Kier alpha value is -5.20. The van der Waals surface area contributed by atoms with Gasteiger partial charge in [0.15, 0.2) is 28.4 Å². The number of nitrogens with one attached hydrogen (secondary N) is 2. The van der Waals surface area contributed by atoms with Crippen molar-refractivity contribution in [3.63, 3.8) is 0 Å². The molecule has 0 bridgehead atoms. The smallest absolute Gasteiger partial charge is 0.280 e. The molecule has 3 aromatic carbocycles. The standard InChI is InChI=1S/C42H56ClN9O7/c43-38-40(45)50-39(44)35(49-38)41(59)51-42(46)48-21-5-4-9-28-11-16-30(17-12-28)31-18-13-29(14-19-31)15-20-34(56)47-22-24-52(23-6-10-27-7-2-1-3-8-27)25-32(54)36(57)37(58)33(55)26-53/h1-3,7-8,11-14,16-19,32-33,36-37,53-55,57-58H,4-6,9-10,15,20-26H2,(H,47,56)(H4,44,45,50)(H3,46,48,51,59)/t32-,33+,36+,37+/m0/s1. The maximum absolute atomic E-state index is 12.8. The first-order valence-corrected chi connectivity index (χ1v) is 20.0. The lowest BCUT2D eigenvalue weighted by Gasteiger charge is -2.30. The van der Waals surface area contributed by atoms with Crippen LogP contribution in [0.3, 0.4) is 0 Å². The number of aliphatic imine (C=N–C) groups is 1. The Morgan fingerprint density at radius 1 is 0.746 bits per heavy atom. The number of hydrogen-bond donors (Lipinski definition) is 10. The molecule has 0 radical (unpaired) electrons. The second kappa shape index (κ2) is 24.0. The van der Waals surface area contributed by atoms with Crippen LogP contribution in [0.2, 0.25) is 5.15 Å². The summed E-state index contributed by atoms with van der Waals surface area (Å²) in [5, 5.41) is 55.1. The van der Waals surface area contributed by atoms with E-state index in [1.165, 1.54) is 11.1 Å². The maximum atomic E-state index is 12.8. The zero-order chi connectivity index (χ0) is 42.7. The molecule has 1 aromatic heterocycles. The Morgan fingerprint density at radius 3 is 1.98 bits per heavy atom. The fourth-order valence-electron chi connectivity index (χ4n) is 6.27. The number of unbranched alkanes of at least 4 members (excludes halogenated alkanes) is 1. The molecule has 4 atom stereocenters. The molecule has 17 heteroatoms. The van der Waals surface area contributed by atoms with Crippen LogP contribution in [-0.2, 0) is 24.1 Å². The second-order valence-corrected chi connectivity index (χ2v) is 14.6. The lowest BCUT2D eigenvalue weighted by Crippen LogP contribution is -2.50. The zero-order valence-corrected chi connectivity index (χ0v) is 33.7. The van der Waals surface area contributed by atoms with E-state index in [0.717, 1.165) is 48.8 Å². The second-order valence-electron chi connectivity index (χ2n) is 14.2. The van der Waals surface area contributed by atoms with Gasteiger partial charge in [-0.05, 0) is 72.9 Å². The molecule has 0 aliphatic carbocycles. The van der Waals surface area contributed by atoms with E-state index in [1.54, 1.807) is 0 Å². The first-order chi connectivity index (χ1) is 28.3. The van der Waals surface area contributed by atoms with Crippen molar-refractivity contribution in [3.8, 4) is 11.1 Å². The summed E-state index contributed by atoms with van der Waals surface area (Å²) in [5.41, 5.74) is 22.4. The molecule has 1 heterocycles. The van der Waals surface area contributed by atoms with E-state index >= 15 is 0 Å². The van der Waals surface area contributed by atoms with Gasteiger partial charge in [-0.3, -0.25) is 24.8 Å². The number of amides is 2. The van der Waals surface area contributed by atoms with Gasteiger partial charge >= 0.3 is 0 Å². The summed E-state index contributed by atoms with van der Waals surface area (Å²) in [6.07, 6.45) is -1.44. The number of carbonyl (C=O) groups is 2. The number of carbonyl (C=O) groups excluding carboxylic acids is 2. The van der Waals surface area contributed by atoms with Gasteiger partial charge in [0, 0.05) is 32.6 Å². The summed E-state index contributed by atoms with van der Waals surface area (Å²) < 4.78 is 0. The van der Waals surface area contributed by atoms with Crippen LogP contribution < -0.4 is 27.8 Å². The number of rotatable bonds is 23. The molecule has 4 aromatic rings. The van der Waals surface area contributed by atoms with E-state index in [-0.39, 0.29) is 40.9 Å². The van der Waals surface area contributed by atoms with Gasteiger partial charge in [0.05, 0.1) is 12.7 Å². The summed E-state index contributed by atoms with van der Waals surface area (Å²) in [5.74, 6) is -1.11. The number of guanidine groups is 1. The Labute approximate surface area is 349 Å². The minimum atomic E-state index is -1.70. The molecule has 2 amide bonds. The molecule has 0 spiro atoms. The van der Waals surface area contributed by atoms with Crippen molar-refractivity contribution in [1.82, 2.24) is 25.5 Å². The van der Waals surface area contributed by atoms with Crippen molar-refractivity contribution in [3.05, 3.63) is 106 Å². The number of aliphatic hydroxyl groups excluding tert-OH is 5. The van der Waals surface area contributed by atoms with Crippen molar-refractivity contribution in [2.45, 2.75) is 69.4 Å². The number of benzene rings is 3. The number of halogens is 1. The Bertz CT molecular complexity index is 1940. The van der Waals surface area contributed by atoms with Gasteiger partial charge in [-0.25, -0.2) is 9.97 Å². The van der Waals surface area contributed by atoms with Crippen molar-refractivity contribution >= 4 is 41.0 Å². The van der Waals surface area contributed by atoms with Crippen molar-refractivity contribution < 1.29 is 35.1 Å². The van der Waals surface area contributed by atoms with Crippen LogP contribution in [-0.4, -0.2) is 122 Å². The van der Waals surface area contributed by atoms with Crippen LogP contribution in [0.15, 0.2) is 83.9 Å². The first-order valence-electron chi connectivity index (χ1n) is 19.6. The summed E-state index contributed by atoms with van der Waals surface area (Å²) >= 11 is 5.84. The monoisotopic (exact) mass is 833 g/mol. The predicted octanol–water partition coefficient (Wildman–Crippen LogP) is 1.45. The minimum Gasteiger partial charge on any atom is -0.394 e. The Balaban J connectivity index is 1.16. The molecule has 13 N–H and O–H groups in total. The van der Waals surface area contributed by atoms with E-state index in [9.17, 15) is 30.0 Å². The maximum Gasteiger partial charge on any atom is 0.280 e. The minimum absolute atomic E-state index is 0.00339. The molecule has 16 nitrogen and oxygen atoms in total.